The van der Waals surface area contributed by atoms with Gasteiger partial charge in [0.2, 0.25) is 0 Å². The van der Waals surface area contributed by atoms with Crippen LogP contribution in [0.5, 0.6) is 0 Å². The summed E-state index contributed by atoms with van der Waals surface area (Å²) in [4.78, 5) is 9.44. The Labute approximate surface area is 118 Å². The van der Waals surface area contributed by atoms with Gasteiger partial charge in [-0.25, -0.2) is 0 Å². The van der Waals surface area contributed by atoms with Gasteiger partial charge in [-0.05, 0) is 42.3 Å². The van der Waals surface area contributed by atoms with E-state index in [-0.39, 0.29) is 0 Å². The second-order valence-corrected chi connectivity index (χ2v) is 4.84. The highest BCUT2D eigenvalue weighted by Crippen LogP contribution is 2.13. The van der Waals surface area contributed by atoms with Crippen LogP contribution in [-0.4, -0.2) is 24.1 Å². The Balaban J connectivity index is 1.87. The van der Waals surface area contributed by atoms with Crippen LogP contribution in [0.2, 0.25) is 0 Å². The lowest BCUT2D eigenvalue weighted by atomic mass is 10.2. The minimum Gasteiger partial charge on any atom is -0.378 e. The Bertz CT molecular complexity index is 753. The normalized spacial score (nSPS) is 10.1. The first-order valence-corrected chi connectivity index (χ1v) is 6.44. The molecular weight excluding hydrogens is 246 g/mol. The van der Waals surface area contributed by atoms with Gasteiger partial charge in [-0.3, -0.25) is 4.98 Å². The van der Waals surface area contributed by atoms with Crippen molar-refractivity contribution in [1.29, 1.82) is 0 Å². The van der Waals surface area contributed by atoms with E-state index in [9.17, 15) is 0 Å². The van der Waals surface area contributed by atoms with Gasteiger partial charge in [0, 0.05) is 48.6 Å². The first-order valence-electron chi connectivity index (χ1n) is 6.44. The zero-order valence-electron chi connectivity index (χ0n) is 11.5. The minimum atomic E-state index is 0.907. The number of benzene rings is 1. The molecule has 3 aromatic rings. The molecule has 0 saturated carbocycles. The lowest BCUT2D eigenvalue weighted by Crippen LogP contribution is -2.07. The Morgan fingerprint density at radius 1 is 1.05 bits per heavy atom. The molecule has 1 N–H and O–H groups in total. The molecule has 0 bridgehead atoms. The predicted octanol–water partition coefficient (Wildman–Crippen LogP) is 3.03. The molecule has 98 valence electrons. The summed E-state index contributed by atoms with van der Waals surface area (Å²) >= 11 is 0. The zero-order chi connectivity index (χ0) is 13.9. The summed E-state index contributed by atoms with van der Waals surface area (Å²) in [7, 11) is 4.05. The predicted molar refractivity (Wildman–Crippen MR) is 82.8 cm³/mol. The van der Waals surface area contributed by atoms with Crippen LogP contribution in [0, 0.1) is 11.8 Å². The number of hydrogen-bond donors (Lipinski definition) is 1. The number of nitrogens with one attached hydrogen (secondary N) is 1. The van der Waals surface area contributed by atoms with Crippen molar-refractivity contribution in [2.45, 2.75) is 0 Å². The van der Waals surface area contributed by atoms with Crippen LogP contribution in [0.25, 0.3) is 10.9 Å². The van der Waals surface area contributed by atoms with Crippen molar-refractivity contribution in [2.24, 2.45) is 0 Å². The zero-order valence-corrected chi connectivity index (χ0v) is 11.5. The summed E-state index contributed by atoms with van der Waals surface area (Å²) in [5.74, 6) is 6.32. The third-order valence-electron chi connectivity index (χ3n) is 3.15. The van der Waals surface area contributed by atoms with Crippen molar-refractivity contribution >= 4 is 16.6 Å². The van der Waals surface area contributed by atoms with Crippen LogP contribution in [0.3, 0.4) is 0 Å². The maximum absolute atomic E-state index is 4.10. The fourth-order valence-corrected chi connectivity index (χ4v) is 2.02. The highest BCUT2D eigenvalue weighted by atomic mass is 15.1. The number of aromatic amines is 1. The number of hydrogen-bond acceptors (Lipinski definition) is 2. The molecule has 0 amide bonds. The van der Waals surface area contributed by atoms with E-state index in [0.717, 1.165) is 22.2 Å². The summed E-state index contributed by atoms with van der Waals surface area (Å²) < 4.78 is 0. The highest BCUT2D eigenvalue weighted by Gasteiger charge is 1.97. The van der Waals surface area contributed by atoms with Crippen LogP contribution in [-0.2, 0) is 0 Å². The summed E-state index contributed by atoms with van der Waals surface area (Å²) in [5.41, 5.74) is 4.15. The van der Waals surface area contributed by atoms with Crippen LogP contribution in [0.1, 0.15) is 11.3 Å². The van der Waals surface area contributed by atoms with Gasteiger partial charge in [0.1, 0.15) is 0 Å². The van der Waals surface area contributed by atoms with Gasteiger partial charge >= 0.3 is 0 Å². The number of anilines is 1. The summed E-state index contributed by atoms with van der Waals surface area (Å²) in [5, 5.41) is 1.08. The first-order chi connectivity index (χ1) is 9.72. The van der Waals surface area contributed by atoms with E-state index in [4.69, 9.17) is 0 Å². The van der Waals surface area contributed by atoms with Gasteiger partial charge in [-0.1, -0.05) is 5.92 Å². The van der Waals surface area contributed by atoms with Crippen molar-refractivity contribution in [1.82, 2.24) is 9.97 Å². The largest absolute Gasteiger partial charge is 0.378 e. The second kappa shape index (κ2) is 5.10. The molecule has 1 aromatic carbocycles. The van der Waals surface area contributed by atoms with E-state index in [1.54, 1.807) is 6.20 Å². The van der Waals surface area contributed by atoms with Crippen LogP contribution in [0.4, 0.5) is 5.69 Å². The third kappa shape index (κ3) is 2.50. The molecule has 0 unspecified atom stereocenters. The molecule has 2 aromatic heterocycles. The second-order valence-electron chi connectivity index (χ2n) is 4.84. The molecule has 0 spiro atoms. The van der Waals surface area contributed by atoms with Crippen molar-refractivity contribution < 1.29 is 0 Å². The lowest BCUT2D eigenvalue weighted by Gasteiger charge is -2.11. The molecule has 0 fully saturated rings. The fourth-order valence-electron chi connectivity index (χ4n) is 2.02. The Morgan fingerprint density at radius 2 is 1.85 bits per heavy atom. The molecule has 0 saturated heterocycles. The molecule has 2 heterocycles. The molecule has 3 rings (SSSR count). The summed E-state index contributed by atoms with van der Waals surface area (Å²) in [6.45, 7) is 0. The van der Waals surface area contributed by atoms with E-state index in [1.807, 2.05) is 44.6 Å². The molecule has 3 heteroatoms. The van der Waals surface area contributed by atoms with E-state index in [0.29, 0.717) is 0 Å². The third-order valence-corrected chi connectivity index (χ3v) is 3.15. The average Bonchev–Trinajstić information content (AvgIpc) is 2.88. The van der Waals surface area contributed by atoms with Gasteiger partial charge in [0.25, 0.3) is 0 Å². The van der Waals surface area contributed by atoms with Crippen LogP contribution in [0.15, 0.2) is 48.8 Å². The van der Waals surface area contributed by atoms with Gasteiger partial charge < -0.3 is 9.88 Å². The van der Waals surface area contributed by atoms with Gasteiger partial charge in [0.05, 0.1) is 5.69 Å². The van der Waals surface area contributed by atoms with Crippen LogP contribution >= 0.6 is 0 Å². The number of aromatic nitrogens is 2. The quantitative estimate of drug-likeness (QED) is 0.683. The monoisotopic (exact) mass is 261 g/mol. The number of rotatable bonds is 1. The van der Waals surface area contributed by atoms with Gasteiger partial charge in [0.15, 0.2) is 0 Å². The van der Waals surface area contributed by atoms with Crippen LogP contribution < -0.4 is 4.90 Å². The van der Waals surface area contributed by atoms with Gasteiger partial charge in [-0.15, -0.1) is 0 Å². The molecule has 0 radical (unpaired) electrons. The highest BCUT2D eigenvalue weighted by molar-refractivity contribution is 5.80. The van der Waals surface area contributed by atoms with E-state index in [1.165, 1.54) is 5.69 Å². The Morgan fingerprint density at radius 3 is 2.55 bits per heavy atom. The molecular formula is C17H15N3. The smallest absolute Gasteiger partial charge is 0.0908 e. The average molecular weight is 261 g/mol. The number of H-pyrrole nitrogens is 1. The molecule has 20 heavy (non-hydrogen) atoms. The fraction of sp³-hybridized carbons (Fsp3) is 0.118. The summed E-state index contributed by atoms with van der Waals surface area (Å²) in [6.07, 6.45) is 3.61. The van der Waals surface area contributed by atoms with E-state index < -0.39 is 0 Å². The Hall–Kier alpha value is -2.73. The molecule has 3 nitrogen and oxygen atoms in total. The first kappa shape index (κ1) is 12.3. The number of fused-ring (bicyclic) bond motifs is 1. The summed E-state index contributed by atoms with van der Waals surface area (Å²) in [6, 6.07) is 12.2. The van der Waals surface area contributed by atoms with Gasteiger partial charge in [-0.2, -0.15) is 0 Å². The maximum atomic E-state index is 4.10. The Kier molecular flexibility index (Phi) is 3.14. The SMILES string of the molecule is CN(C)c1ccc(C#Cc2cc3cnccc3[nH]2)cc1. The molecule has 0 aliphatic heterocycles. The van der Waals surface area contributed by atoms with Crippen molar-refractivity contribution in [3.8, 4) is 11.8 Å². The van der Waals surface area contributed by atoms with Crippen molar-refractivity contribution in [3.05, 3.63) is 60.0 Å². The lowest BCUT2D eigenvalue weighted by molar-refractivity contribution is 1.13. The molecule has 0 aliphatic rings. The molecule has 0 atom stereocenters. The minimum absolute atomic E-state index is 0.907. The van der Waals surface area contributed by atoms with E-state index in [2.05, 4.69) is 38.8 Å². The number of pyridine rings is 1. The van der Waals surface area contributed by atoms with Crippen molar-refractivity contribution in [3.63, 3.8) is 0 Å². The topological polar surface area (TPSA) is 31.9 Å². The standard InChI is InChI=1S/C17H15N3/c1-20(2)16-7-4-13(5-8-16)3-6-15-11-14-12-18-10-9-17(14)19-15/h4-5,7-12,19H,1-2H3. The van der Waals surface area contributed by atoms with Crippen molar-refractivity contribution in [2.75, 3.05) is 19.0 Å². The molecule has 0 aliphatic carbocycles. The van der Waals surface area contributed by atoms with E-state index >= 15 is 0 Å². The maximum Gasteiger partial charge on any atom is 0.0908 e. The number of nitrogens with zero attached hydrogens (tertiary/aromatic N) is 2.